The lowest BCUT2D eigenvalue weighted by Gasteiger charge is -2.11. The van der Waals surface area contributed by atoms with Crippen LogP contribution in [0.1, 0.15) is 5.56 Å². The molecule has 2 amide bonds. The molecule has 0 aliphatic carbocycles. The highest BCUT2D eigenvalue weighted by molar-refractivity contribution is 6.09. The van der Waals surface area contributed by atoms with Crippen molar-refractivity contribution in [3.05, 3.63) is 83.9 Å². The Balaban J connectivity index is 1.63. The quantitative estimate of drug-likeness (QED) is 0.275. The Labute approximate surface area is 190 Å². The highest BCUT2D eigenvalue weighted by atomic mass is 16.5. The van der Waals surface area contributed by atoms with Crippen LogP contribution in [0.25, 0.3) is 6.08 Å². The fourth-order valence-electron chi connectivity index (χ4n) is 2.84. The number of phenolic OH excluding ortho intramolecular Hbond substituents is 1. The Hall–Kier alpha value is -4.77. The summed E-state index contributed by atoms with van der Waals surface area (Å²) in [6, 6.07) is 21.5. The second-order valence-corrected chi connectivity index (χ2v) is 6.78. The van der Waals surface area contributed by atoms with Crippen LogP contribution in [-0.2, 0) is 9.59 Å². The second-order valence-electron chi connectivity index (χ2n) is 6.78. The number of hydrogen-bond acceptors (Lipinski definition) is 6. The Kier molecular flexibility index (Phi) is 7.65. The van der Waals surface area contributed by atoms with Gasteiger partial charge in [0.1, 0.15) is 28.9 Å². The van der Waals surface area contributed by atoms with Crippen LogP contribution in [0.4, 0.5) is 11.4 Å². The third-order valence-electron chi connectivity index (χ3n) is 4.41. The lowest BCUT2D eigenvalue weighted by molar-refractivity contribution is -0.118. The van der Waals surface area contributed by atoms with Crippen LogP contribution in [0.15, 0.2) is 78.4 Å². The molecule has 3 aromatic rings. The van der Waals surface area contributed by atoms with Gasteiger partial charge >= 0.3 is 0 Å². The largest absolute Gasteiger partial charge is 0.508 e. The SMILES string of the molecule is COc1ccccc1NC(=O)COc1cccc(/C=C(\C#N)C(=O)Nc2ccc(O)cc2)c1. The molecule has 33 heavy (non-hydrogen) atoms. The Bertz CT molecular complexity index is 1210. The normalized spacial score (nSPS) is 10.6. The van der Waals surface area contributed by atoms with E-state index in [0.29, 0.717) is 28.4 Å². The Morgan fingerprint density at radius 1 is 1.03 bits per heavy atom. The molecule has 0 unspecified atom stereocenters. The van der Waals surface area contributed by atoms with E-state index in [2.05, 4.69) is 10.6 Å². The molecular weight excluding hydrogens is 422 g/mol. The maximum Gasteiger partial charge on any atom is 0.266 e. The third-order valence-corrected chi connectivity index (χ3v) is 4.41. The van der Waals surface area contributed by atoms with Crippen molar-refractivity contribution >= 4 is 29.3 Å². The zero-order valence-electron chi connectivity index (χ0n) is 17.7. The summed E-state index contributed by atoms with van der Waals surface area (Å²) >= 11 is 0. The summed E-state index contributed by atoms with van der Waals surface area (Å²) in [7, 11) is 1.51. The molecule has 0 heterocycles. The van der Waals surface area contributed by atoms with Crippen molar-refractivity contribution < 1.29 is 24.2 Å². The molecule has 0 spiro atoms. The van der Waals surface area contributed by atoms with Gasteiger partial charge in [-0.1, -0.05) is 24.3 Å². The van der Waals surface area contributed by atoms with Gasteiger partial charge in [-0.15, -0.1) is 0 Å². The number of nitrogens with one attached hydrogen (secondary N) is 2. The highest BCUT2D eigenvalue weighted by Gasteiger charge is 2.11. The van der Waals surface area contributed by atoms with Crippen molar-refractivity contribution in [2.75, 3.05) is 24.4 Å². The number of phenols is 1. The number of nitrogens with zero attached hydrogens (tertiary/aromatic N) is 1. The van der Waals surface area contributed by atoms with E-state index in [9.17, 15) is 20.0 Å². The monoisotopic (exact) mass is 443 g/mol. The molecule has 3 N–H and O–H groups in total. The predicted molar refractivity (Wildman–Crippen MR) is 124 cm³/mol. The lowest BCUT2D eigenvalue weighted by atomic mass is 10.1. The molecule has 0 atom stereocenters. The summed E-state index contributed by atoms with van der Waals surface area (Å²) in [6.45, 7) is -0.238. The standard InChI is InChI=1S/C25H21N3O5/c1-32-23-8-3-2-7-22(23)28-24(30)16-33-21-6-4-5-17(14-21)13-18(15-26)25(31)27-19-9-11-20(29)12-10-19/h2-14,29H,16H2,1H3,(H,27,31)(H,28,30)/b18-13+. The fraction of sp³-hybridized carbons (Fsp3) is 0.0800. The van der Waals surface area contributed by atoms with Crippen LogP contribution in [-0.4, -0.2) is 30.6 Å². The molecule has 0 saturated carbocycles. The van der Waals surface area contributed by atoms with Crippen LogP contribution in [0.2, 0.25) is 0 Å². The molecule has 0 radical (unpaired) electrons. The summed E-state index contributed by atoms with van der Waals surface area (Å²) in [5, 5.41) is 24.0. The van der Waals surface area contributed by atoms with Gasteiger partial charge in [0.2, 0.25) is 0 Å². The van der Waals surface area contributed by atoms with Crippen LogP contribution in [0.3, 0.4) is 0 Å². The van der Waals surface area contributed by atoms with Gasteiger partial charge in [0.25, 0.3) is 11.8 Å². The Morgan fingerprint density at radius 3 is 2.52 bits per heavy atom. The zero-order valence-corrected chi connectivity index (χ0v) is 17.7. The number of anilines is 2. The van der Waals surface area contributed by atoms with E-state index in [4.69, 9.17) is 9.47 Å². The maximum absolute atomic E-state index is 12.4. The minimum Gasteiger partial charge on any atom is -0.508 e. The number of methoxy groups -OCH3 is 1. The molecule has 3 rings (SSSR count). The van der Waals surface area contributed by atoms with E-state index in [1.165, 1.54) is 37.5 Å². The molecule has 0 aliphatic rings. The number of carbonyl (C=O) groups is 2. The fourth-order valence-corrected chi connectivity index (χ4v) is 2.84. The van der Waals surface area contributed by atoms with Gasteiger partial charge in [0.15, 0.2) is 6.61 Å². The van der Waals surface area contributed by atoms with Crippen LogP contribution in [0.5, 0.6) is 17.2 Å². The maximum atomic E-state index is 12.4. The number of benzene rings is 3. The highest BCUT2D eigenvalue weighted by Crippen LogP contribution is 2.23. The first kappa shape index (κ1) is 22.9. The summed E-state index contributed by atoms with van der Waals surface area (Å²) in [5.74, 6) is 0.0392. The number of nitriles is 1. The molecule has 3 aromatic carbocycles. The van der Waals surface area contributed by atoms with Crippen molar-refractivity contribution in [1.82, 2.24) is 0 Å². The van der Waals surface area contributed by atoms with Gasteiger partial charge in [0.05, 0.1) is 12.8 Å². The summed E-state index contributed by atoms with van der Waals surface area (Å²) in [4.78, 5) is 24.6. The number of ether oxygens (including phenoxy) is 2. The van der Waals surface area contributed by atoms with Gasteiger partial charge in [-0.25, -0.2) is 0 Å². The van der Waals surface area contributed by atoms with Gasteiger partial charge in [-0.2, -0.15) is 5.26 Å². The topological polar surface area (TPSA) is 121 Å². The lowest BCUT2D eigenvalue weighted by Crippen LogP contribution is -2.20. The van der Waals surface area contributed by atoms with Gasteiger partial charge in [-0.3, -0.25) is 9.59 Å². The minimum atomic E-state index is -0.592. The van der Waals surface area contributed by atoms with E-state index in [1.54, 1.807) is 48.5 Å². The van der Waals surface area contributed by atoms with Crippen molar-refractivity contribution in [3.63, 3.8) is 0 Å². The molecule has 0 aromatic heterocycles. The number of hydrogen-bond donors (Lipinski definition) is 3. The second kappa shape index (κ2) is 11.0. The first-order valence-corrected chi connectivity index (χ1v) is 9.86. The molecule has 0 bridgehead atoms. The van der Waals surface area contributed by atoms with Gasteiger partial charge in [-0.05, 0) is 60.2 Å². The van der Waals surface area contributed by atoms with Gasteiger partial charge in [0, 0.05) is 5.69 Å². The van der Waals surface area contributed by atoms with Crippen molar-refractivity contribution in [1.29, 1.82) is 5.26 Å². The summed E-state index contributed by atoms with van der Waals surface area (Å²) in [5.41, 5.74) is 1.41. The van der Waals surface area contributed by atoms with Crippen LogP contribution < -0.4 is 20.1 Å². The number of aromatic hydroxyl groups is 1. The van der Waals surface area contributed by atoms with E-state index >= 15 is 0 Å². The van der Waals surface area contributed by atoms with E-state index in [1.807, 2.05) is 6.07 Å². The number of para-hydroxylation sites is 2. The predicted octanol–water partition coefficient (Wildman–Crippen LogP) is 3.96. The zero-order chi connectivity index (χ0) is 23.6. The molecule has 0 aliphatic heterocycles. The van der Waals surface area contributed by atoms with Crippen LogP contribution in [0, 0.1) is 11.3 Å². The van der Waals surface area contributed by atoms with E-state index in [-0.39, 0.29) is 23.8 Å². The average molecular weight is 443 g/mol. The smallest absolute Gasteiger partial charge is 0.266 e. The third kappa shape index (κ3) is 6.60. The number of carbonyl (C=O) groups excluding carboxylic acids is 2. The minimum absolute atomic E-state index is 0.0671. The van der Waals surface area contributed by atoms with E-state index in [0.717, 1.165) is 0 Å². The van der Waals surface area contributed by atoms with Crippen molar-refractivity contribution in [2.24, 2.45) is 0 Å². The van der Waals surface area contributed by atoms with Crippen LogP contribution >= 0.6 is 0 Å². The molecule has 8 heteroatoms. The molecular formula is C25H21N3O5. The first-order valence-electron chi connectivity index (χ1n) is 9.86. The number of rotatable bonds is 8. The van der Waals surface area contributed by atoms with Crippen molar-refractivity contribution in [3.8, 4) is 23.3 Å². The summed E-state index contributed by atoms with van der Waals surface area (Å²) < 4.78 is 10.7. The molecule has 0 saturated heterocycles. The summed E-state index contributed by atoms with van der Waals surface area (Å²) in [6.07, 6.45) is 1.41. The Morgan fingerprint density at radius 2 is 1.79 bits per heavy atom. The first-order chi connectivity index (χ1) is 16.0. The average Bonchev–Trinajstić information content (AvgIpc) is 2.83. The van der Waals surface area contributed by atoms with Gasteiger partial charge < -0.3 is 25.2 Å². The molecule has 8 nitrogen and oxygen atoms in total. The van der Waals surface area contributed by atoms with Crippen molar-refractivity contribution in [2.45, 2.75) is 0 Å². The molecule has 0 fully saturated rings. The number of amides is 2. The van der Waals surface area contributed by atoms with E-state index < -0.39 is 5.91 Å². The molecule has 166 valence electrons.